The van der Waals surface area contributed by atoms with Crippen LogP contribution in [0.15, 0.2) is 22.0 Å². The first-order valence-corrected chi connectivity index (χ1v) is 10.8. The number of nitrogens with one attached hydrogen (secondary N) is 1. The van der Waals surface area contributed by atoms with E-state index in [-0.39, 0.29) is 11.8 Å². The van der Waals surface area contributed by atoms with Crippen LogP contribution in [0.5, 0.6) is 0 Å². The molecule has 2 aromatic rings. The summed E-state index contributed by atoms with van der Waals surface area (Å²) in [6, 6.07) is 2.37. The van der Waals surface area contributed by atoms with E-state index in [1.807, 2.05) is 35.6 Å². The molecule has 1 amide bonds. The van der Waals surface area contributed by atoms with Crippen LogP contribution in [0.4, 0.5) is 0 Å². The highest BCUT2D eigenvalue weighted by molar-refractivity contribution is 8.01. The smallest absolute Gasteiger partial charge is 0.223 e. The number of aromatic nitrogens is 3. The Kier molecular flexibility index (Phi) is 5.12. The van der Waals surface area contributed by atoms with Gasteiger partial charge in [-0.05, 0) is 45.1 Å². The fraction of sp³-hybridized carbons (Fsp3) is 0.611. The summed E-state index contributed by atoms with van der Waals surface area (Å²) in [7, 11) is 0. The Morgan fingerprint density at radius 2 is 2.16 bits per heavy atom. The molecule has 5 nitrogen and oxygen atoms in total. The van der Waals surface area contributed by atoms with Crippen molar-refractivity contribution in [1.82, 2.24) is 20.1 Å². The van der Waals surface area contributed by atoms with Gasteiger partial charge < -0.3 is 5.32 Å². The molecule has 7 heteroatoms. The first-order chi connectivity index (χ1) is 12.2. The maximum absolute atomic E-state index is 12.6. The van der Waals surface area contributed by atoms with Gasteiger partial charge >= 0.3 is 0 Å². The molecule has 1 atom stereocenters. The van der Waals surface area contributed by atoms with Crippen LogP contribution in [0.3, 0.4) is 0 Å². The number of rotatable bonds is 4. The SMILES string of the molecule is Cc1csc(SC2CCC(NC(=O)C3CCn4nccc4C3)CC2)n1. The lowest BCUT2D eigenvalue weighted by atomic mass is 9.92. The molecule has 1 aliphatic heterocycles. The van der Waals surface area contributed by atoms with Crippen LogP contribution in [-0.2, 0) is 17.8 Å². The van der Waals surface area contributed by atoms with Gasteiger partial charge in [0.1, 0.15) is 4.34 Å². The van der Waals surface area contributed by atoms with Crippen molar-refractivity contribution in [2.45, 2.75) is 67.6 Å². The van der Waals surface area contributed by atoms with Crippen molar-refractivity contribution in [2.75, 3.05) is 0 Å². The van der Waals surface area contributed by atoms with Crippen molar-refractivity contribution < 1.29 is 4.79 Å². The molecule has 0 aromatic carbocycles. The Balaban J connectivity index is 1.24. The van der Waals surface area contributed by atoms with Gasteiger partial charge in [0.15, 0.2) is 0 Å². The molecular formula is C18H24N4OS2. The zero-order chi connectivity index (χ0) is 17.2. The standard InChI is InChI=1S/C18H24N4OS2/c1-12-11-24-18(20-12)25-16-4-2-14(3-5-16)21-17(23)13-7-9-22-15(10-13)6-8-19-22/h6,8,11,13-14,16H,2-5,7,9-10H2,1H3,(H,21,23). The maximum atomic E-state index is 12.6. The number of amides is 1. The van der Waals surface area contributed by atoms with Gasteiger partial charge in [0.25, 0.3) is 0 Å². The lowest BCUT2D eigenvalue weighted by Crippen LogP contribution is -2.43. The van der Waals surface area contributed by atoms with Crippen molar-refractivity contribution in [3.8, 4) is 0 Å². The second kappa shape index (κ2) is 7.50. The van der Waals surface area contributed by atoms with E-state index >= 15 is 0 Å². The predicted molar refractivity (Wildman–Crippen MR) is 101 cm³/mol. The van der Waals surface area contributed by atoms with Gasteiger partial charge in [0, 0.05) is 53.1 Å². The van der Waals surface area contributed by atoms with Crippen LogP contribution in [0, 0.1) is 12.8 Å². The molecule has 0 saturated heterocycles. The van der Waals surface area contributed by atoms with Crippen molar-refractivity contribution in [2.24, 2.45) is 5.92 Å². The fourth-order valence-electron chi connectivity index (χ4n) is 3.76. The van der Waals surface area contributed by atoms with Gasteiger partial charge in [0.2, 0.25) is 5.91 Å². The minimum atomic E-state index is 0.106. The molecule has 1 unspecified atom stereocenters. The van der Waals surface area contributed by atoms with Crippen LogP contribution in [-0.4, -0.2) is 32.0 Å². The second-order valence-electron chi connectivity index (χ2n) is 7.09. The van der Waals surface area contributed by atoms with Crippen molar-refractivity contribution in [3.05, 3.63) is 29.0 Å². The quantitative estimate of drug-likeness (QED) is 0.888. The van der Waals surface area contributed by atoms with Gasteiger partial charge in [-0.25, -0.2) is 4.98 Å². The molecule has 3 heterocycles. The Hall–Kier alpha value is -1.34. The van der Waals surface area contributed by atoms with Crippen molar-refractivity contribution in [3.63, 3.8) is 0 Å². The third-order valence-electron chi connectivity index (χ3n) is 5.21. The highest BCUT2D eigenvalue weighted by Gasteiger charge is 2.29. The molecule has 1 aliphatic carbocycles. The molecule has 134 valence electrons. The number of thioether (sulfide) groups is 1. The minimum absolute atomic E-state index is 0.106. The number of hydrogen-bond donors (Lipinski definition) is 1. The number of carbonyl (C=O) groups excluding carboxylic acids is 1. The minimum Gasteiger partial charge on any atom is -0.353 e. The van der Waals surface area contributed by atoms with Gasteiger partial charge in [-0.2, -0.15) is 5.10 Å². The van der Waals surface area contributed by atoms with Gasteiger partial charge in [-0.15, -0.1) is 11.3 Å². The number of aryl methyl sites for hydroxylation is 2. The summed E-state index contributed by atoms with van der Waals surface area (Å²) < 4.78 is 3.20. The van der Waals surface area contributed by atoms with E-state index in [1.165, 1.54) is 10.0 Å². The van der Waals surface area contributed by atoms with Crippen molar-refractivity contribution in [1.29, 1.82) is 0 Å². The van der Waals surface area contributed by atoms with Crippen LogP contribution in [0.2, 0.25) is 0 Å². The largest absolute Gasteiger partial charge is 0.353 e. The molecule has 0 spiro atoms. The number of carbonyl (C=O) groups is 1. The van der Waals surface area contributed by atoms with Gasteiger partial charge in [0.05, 0.1) is 0 Å². The Morgan fingerprint density at radius 1 is 1.32 bits per heavy atom. The number of hydrogen-bond acceptors (Lipinski definition) is 5. The molecule has 0 bridgehead atoms. The second-order valence-corrected chi connectivity index (χ2v) is 9.50. The summed E-state index contributed by atoms with van der Waals surface area (Å²) in [5, 5.41) is 10.4. The van der Waals surface area contributed by atoms with Crippen LogP contribution in [0.1, 0.15) is 43.5 Å². The van der Waals surface area contributed by atoms with E-state index in [1.54, 1.807) is 11.3 Å². The van der Waals surface area contributed by atoms with E-state index < -0.39 is 0 Å². The lowest BCUT2D eigenvalue weighted by molar-refractivity contribution is -0.126. The topological polar surface area (TPSA) is 59.8 Å². The Morgan fingerprint density at radius 3 is 2.92 bits per heavy atom. The van der Waals surface area contributed by atoms with Gasteiger partial charge in [-0.3, -0.25) is 9.48 Å². The zero-order valence-corrected chi connectivity index (χ0v) is 16.1. The highest BCUT2D eigenvalue weighted by Crippen LogP contribution is 2.35. The molecule has 2 aromatic heterocycles. The fourth-order valence-corrected chi connectivity index (χ4v) is 6.05. The molecule has 1 fully saturated rings. The average Bonchev–Trinajstić information content (AvgIpc) is 3.24. The van der Waals surface area contributed by atoms with E-state index in [9.17, 15) is 4.79 Å². The summed E-state index contributed by atoms with van der Waals surface area (Å²) in [4.78, 5) is 17.2. The third kappa shape index (κ3) is 4.08. The lowest BCUT2D eigenvalue weighted by Gasteiger charge is -2.30. The maximum Gasteiger partial charge on any atom is 0.223 e. The van der Waals surface area contributed by atoms with E-state index in [2.05, 4.69) is 20.8 Å². The van der Waals surface area contributed by atoms with Crippen LogP contribution < -0.4 is 5.32 Å². The summed E-state index contributed by atoms with van der Waals surface area (Å²) in [5.74, 6) is 0.341. The van der Waals surface area contributed by atoms with E-state index in [0.717, 1.165) is 50.8 Å². The average molecular weight is 377 g/mol. The Bertz CT molecular complexity index is 733. The summed E-state index contributed by atoms with van der Waals surface area (Å²) >= 11 is 3.66. The normalized spacial score (nSPS) is 26.2. The first kappa shape index (κ1) is 17.1. The van der Waals surface area contributed by atoms with Crippen LogP contribution >= 0.6 is 23.1 Å². The summed E-state index contributed by atoms with van der Waals surface area (Å²) in [6.07, 6.45) is 8.03. The summed E-state index contributed by atoms with van der Waals surface area (Å²) in [5.41, 5.74) is 2.30. The number of thiazole rings is 1. The highest BCUT2D eigenvalue weighted by atomic mass is 32.2. The molecule has 25 heavy (non-hydrogen) atoms. The third-order valence-corrected chi connectivity index (χ3v) is 7.63. The molecule has 1 N–H and O–H groups in total. The first-order valence-electron chi connectivity index (χ1n) is 9.07. The molecular weight excluding hydrogens is 352 g/mol. The molecule has 0 radical (unpaired) electrons. The Labute approximate surface area is 156 Å². The predicted octanol–water partition coefficient (Wildman–Crippen LogP) is 3.43. The number of fused-ring (bicyclic) bond motifs is 1. The van der Waals surface area contributed by atoms with Gasteiger partial charge in [-0.1, -0.05) is 11.8 Å². The summed E-state index contributed by atoms with van der Waals surface area (Å²) in [6.45, 7) is 2.91. The van der Waals surface area contributed by atoms with Crippen LogP contribution in [0.25, 0.3) is 0 Å². The monoisotopic (exact) mass is 376 g/mol. The zero-order valence-electron chi connectivity index (χ0n) is 14.5. The van der Waals surface area contributed by atoms with E-state index in [4.69, 9.17) is 0 Å². The molecule has 4 rings (SSSR count). The molecule has 1 saturated carbocycles. The van der Waals surface area contributed by atoms with E-state index in [0.29, 0.717) is 11.3 Å². The number of nitrogens with zero attached hydrogens (tertiary/aromatic N) is 3. The molecule has 2 aliphatic rings. The van der Waals surface area contributed by atoms with Crippen molar-refractivity contribution >= 4 is 29.0 Å².